The number of amides is 1. The van der Waals surface area contributed by atoms with Crippen LogP contribution in [0.15, 0.2) is 70.5 Å². The van der Waals surface area contributed by atoms with Crippen LogP contribution in [0.25, 0.3) is 0 Å². The fourth-order valence-electron chi connectivity index (χ4n) is 3.32. The second-order valence-electron chi connectivity index (χ2n) is 6.48. The molecule has 0 aromatic heterocycles. The molecular weight excluding hydrogens is 406 g/mol. The Kier molecular flexibility index (Phi) is 5.26. The SMILES string of the molecule is CCNC(=O)c1ccc2c(c1Sc1ccc(Cl)cc1)C(=O)c1ccccc1C2=O. The van der Waals surface area contributed by atoms with Gasteiger partial charge in [-0.25, -0.2) is 0 Å². The second-order valence-corrected chi connectivity index (χ2v) is 8.00. The molecule has 0 saturated heterocycles. The van der Waals surface area contributed by atoms with Crippen LogP contribution in [0.2, 0.25) is 5.02 Å². The number of halogens is 1. The number of benzene rings is 3. The third kappa shape index (κ3) is 3.48. The fourth-order valence-corrected chi connectivity index (χ4v) is 4.53. The zero-order chi connectivity index (χ0) is 20.5. The zero-order valence-corrected chi connectivity index (χ0v) is 17.1. The number of nitrogens with one attached hydrogen (secondary N) is 1. The molecule has 3 aromatic rings. The Labute approximate surface area is 177 Å². The van der Waals surface area contributed by atoms with E-state index in [-0.39, 0.29) is 23.0 Å². The van der Waals surface area contributed by atoms with Crippen LogP contribution in [0.5, 0.6) is 0 Å². The highest BCUT2D eigenvalue weighted by Gasteiger charge is 2.33. The summed E-state index contributed by atoms with van der Waals surface area (Å²) in [5.41, 5.74) is 1.70. The number of rotatable bonds is 4. The number of hydrogen-bond acceptors (Lipinski definition) is 4. The van der Waals surface area contributed by atoms with Gasteiger partial charge in [-0.15, -0.1) is 0 Å². The maximum atomic E-state index is 13.3. The molecule has 0 aliphatic heterocycles. The van der Waals surface area contributed by atoms with Crippen molar-refractivity contribution in [3.63, 3.8) is 0 Å². The van der Waals surface area contributed by atoms with Gasteiger partial charge in [-0.05, 0) is 43.3 Å². The molecule has 4 nitrogen and oxygen atoms in total. The average Bonchev–Trinajstić information content (AvgIpc) is 2.73. The smallest absolute Gasteiger partial charge is 0.252 e. The normalized spacial score (nSPS) is 12.3. The third-order valence-electron chi connectivity index (χ3n) is 4.66. The number of fused-ring (bicyclic) bond motifs is 2. The van der Waals surface area contributed by atoms with Crippen molar-refractivity contribution in [2.45, 2.75) is 16.7 Å². The summed E-state index contributed by atoms with van der Waals surface area (Å²) in [5, 5.41) is 3.37. The highest BCUT2D eigenvalue weighted by atomic mass is 35.5. The minimum Gasteiger partial charge on any atom is -0.352 e. The topological polar surface area (TPSA) is 63.2 Å². The Bertz CT molecular complexity index is 1160. The van der Waals surface area contributed by atoms with Gasteiger partial charge < -0.3 is 5.32 Å². The maximum Gasteiger partial charge on any atom is 0.252 e. The van der Waals surface area contributed by atoms with E-state index in [4.69, 9.17) is 11.6 Å². The van der Waals surface area contributed by atoms with E-state index in [1.54, 1.807) is 48.5 Å². The standard InChI is InChI=1S/C23H16ClNO3S/c1-2-25-23(28)18-12-11-17-19(22(18)29-14-9-7-13(24)8-10-14)21(27)16-6-4-3-5-15(16)20(17)26/h3-12H,2H2,1H3,(H,25,28). The first-order chi connectivity index (χ1) is 14.0. The van der Waals surface area contributed by atoms with E-state index in [2.05, 4.69) is 5.32 Å². The number of carbonyl (C=O) groups is 3. The molecule has 1 amide bonds. The van der Waals surface area contributed by atoms with Gasteiger partial charge in [0.2, 0.25) is 0 Å². The zero-order valence-electron chi connectivity index (χ0n) is 15.5. The lowest BCUT2D eigenvalue weighted by Crippen LogP contribution is -2.27. The molecule has 29 heavy (non-hydrogen) atoms. The summed E-state index contributed by atoms with van der Waals surface area (Å²) in [6.45, 7) is 2.28. The van der Waals surface area contributed by atoms with Crippen LogP contribution in [0, 0.1) is 0 Å². The van der Waals surface area contributed by atoms with Crippen molar-refractivity contribution in [1.82, 2.24) is 5.32 Å². The number of hydrogen-bond donors (Lipinski definition) is 1. The van der Waals surface area contributed by atoms with Crippen LogP contribution in [0.3, 0.4) is 0 Å². The molecule has 144 valence electrons. The van der Waals surface area contributed by atoms with Crippen LogP contribution in [-0.4, -0.2) is 24.0 Å². The van der Waals surface area contributed by atoms with Gasteiger partial charge in [-0.1, -0.05) is 47.6 Å². The van der Waals surface area contributed by atoms with Crippen molar-refractivity contribution in [1.29, 1.82) is 0 Å². The Balaban J connectivity index is 1.93. The molecule has 1 aliphatic rings. The average molecular weight is 422 g/mol. The van der Waals surface area contributed by atoms with Crippen molar-refractivity contribution in [3.05, 3.63) is 93.5 Å². The highest BCUT2D eigenvalue weighted by Crippen LogP contribution is 2.39. The van der Waals surface area contributed by atoms with Gasteiger partial charge in [0.05, 0.1) is 5.56 Å². The molecule has 0 saturated carbocycles. The Morgan fingerprint density at radius 3 is 2.21 bits per heavy atom. The summed E-state index contributed by atoms with van der Waals surface area (Å²) >= 11 is 7.26. The van der Waals surface area contributed by atoms with Gasteiger partial charge in [0.25, 0.3) is 5.91 Å². The number of carbonyl (C=O) groups excluding carboxylic acids is 3. The summed E-state index contributed by atoms with van der Waals surface area (Å²) in [6, 6.07) is 17.1. The predicted octanol–water partition coefficient (Wildman–Crippen LogP) is 5.02. The quantitative estimate of drug-likeness (QED) is 0.502. The molecule has 1 aliphatic carbocycles. The maximum absolute atomic E-state index is 13.3. The summed E-state index contributed by atoms with van der Waals surface area (Å²) in [7, 11) is 0. The van der Waals surface area contributed by atoms with Gasteiger partial charge in [0.15, 0.2) is 11.6 Å². The third-order valence-corrected chi connectivity index (χ3v) is 6.05. The van der Waals surface area contributed by atoms with E-state index >= 15 is 0 Å². The van der Waals surface area contributed by atoms with Crippen molar-refractivity contribution in [2.75, 3.05) is 6.54 Å². The van der Waals surface area contributed by atoms with Crippen molar-refractivity contribution >= 4 is 40.8 Å². The summed E-state index contributed by atoms with van der Waals surface area (Å²) in [5.74, 6) is -0.751. The van der Waals surface area contributed by atoms with Crippen molar-refractivity contribution in [2.24, 2.45) is 0 Å². The largest absolute Gasteiger partial charge is 0.352 e. The van der Waals surface area contributed by atoms with Crippen LogP contribution in [0.4, 0.5) is 0 Å². The fraction of sp³-hybridized carbons (Fsp3) is 0.0870. The van der Waals surface area contributed by atoms with Gasteiger partial charge in [-0.2, -0.15) is 0 Å². The molecule has 3 aromatic carbocycles. The molecule has 1 N–H and O–H groups in total. The molecule has 0 unspecified atom stereocenters. The van der Waals surface area contributed by atoms with E-state index in [9.17, 15) is 14.4 Å². The second kappa shape index (κ2) is 7.85. The first-order valence-corrected chi connectivity index (χ1v) is 10.3. The van der Waals surface area contributed by atoms with E-state index in [1.165, 1.54) is 11.8 Å². The summed E-state index contributed by atoms with van der Waals surface area (Å²) in [6.07, 6.45) is 0. The highest BCUT2D eigenvalue weighted by molar-refractivity contribution is 7.99. The van der Waals surface area contributed by atoms with E-state index in [0.717, 1.165) is 4.90 Å². The molecule has 0 bridgehead atoms. The lowest BCUT2D eigenvalue weighted by molar-refractivity contribution is 0.0949. The summed E-state index contributed by atoms with van der Waals surface area (Å²) < 4.78 is 0. The van der Waals surface area contributed by atoms with Crippen LogP contribution < -0.4 is 5.32 Å². The molecule has 6 heteroatoms. The first kappa shape index (κ1) is 19.4. The number of ketones is 2. The van der Waals surface area contributed by atoms with Gasteiger partial charge >= 0.3 is 0 Å². The van der Waals surface area contributed by atoms with Gasteiger partial charge in [0, 0.05) is 43.6 Å². The first-order valence-electron chi connectivity index (χ1n) is 9.08. The minimum absolute atomic E-state index is 0.212. The predicted molar refractivity (Wildman–Crippen MR) is 113 cm³/mol. The van der Waals surface area contributed by atoms with Crippen LogP contribution in [0.1, 0.15) is 49.1 Å². The molecule has 4 rings (SSSR count). The van der Waals surface area contributed by atoms with Gasteiger partial charge in [0.1, 0.15) is 0 Å². The van der Waals surface area contributed by atoms with Crippen LogP contribution >= 0.6 is 23.4 Å². The van der Waals surface area contributed by atoms with Crippen molar-refractivity contribution < 1.29 is 14.4 Å². The molecule has 0 atom stereocenters. The molecule has 0 radical (unpaired) electrons. The van der Waals surface area contributed by atoms with Crippen molar-refractivity contribution in [3.8, 4) is 0 Å². The van der Waals surface area contributed by atoms with E-state index in [1.807, 2.05) is 19.1 Å². The minimum atomic E-state index is -0.286. The van der Waals surface area contributed by atoms with E-state index in [0.29, 0.717) is 38.7 Å². The monoisotopic (exact) mass is 421 g/mol. The summed E-state index contributed by atoms with van der Waals surface area (Å²) in [4.78, 5) is 40.3. The van der Waals surface area contributed by atoms with Crippen LogP contribution in [-0.2, 0) is 0 Å². The lowest BCUT2D eigenvalue weighted by Gasteiger charge is -2.22. The Morgan fingerprint density at radius 1 is 0.897 bits per heavy atom. The Hall–Kier alpha value is -2.89. The molecule has 0 heterocycles. The lowest BCUT2D eigenvalue weighted by atomic mass is 9.83. The molecule has 0 fully saturated rings. The molecule has 0 spiro atoms. The van der Waals surface area contributed by atoms with Gasteiger partial charge in [-0.3, -0.25) is 14.4 Å². The van der Waals surface area contributed by atoms with E-state index < -0.39 is 0 Å². The molecular formula is C23H16ClNO3S. The Morgan fingerprint density at radius 2 is 1.55 bits per heavy atom.